The lowest BCUT2D eigenvalue weighted by atomic mass is 10.1. The van der Waals surface area contributed by atoms with Crippen molar-refractivity contribution in [1.29, 1.82) is 0 Å². The quantitative estimate of drug-likeness (QED) is 0.750. The summed E-state index contributed by atoms with van der Waals surface area (Å²) in [7, 11) is 0. The lowest BCUT2D eigenvalue weighted by Gasteiger charge is -2.20. The molecule has 1 aromatic carbocycles. The molecule has 0 unspecified atom stereocenters. The zero-order chi connectivity index (χ0) is 15.7. The standard InChI is InChI=1S/C16H23ClN2O2/c1-3-4-10-18-16(21)12-19(13(2)20)11-9-14-5-7-15(17)8-6-14/h5-8H,3-4,9-12H2,1-2H3,(H,18,21). The highest BCUT2D eigenvalue weighted by Gasteiger charge is 2.13. The van der Waals surface area contributed by atoms with E-state index in [0.29, 0.717) is 24.5 Å². The number of hydrogen-bond donors (Lipinski definition) is 1. The van der Waals surface area contributed by atoms with E-state index in [1.165, 1.54) is 6.92 Å². The molecule has 116 valence electrons. The summed E-state index contributed by atoms with van der Waals surface area (Å²) in [6.07, 6.45) is 2.70. The Labute approximate surface area is 131 Å². The Hall–Kier alpha value is -1.55. The van der Waals surface area contributed by atoms with Gasteiger partial charge >= 0.3 is 0 Å². The molecule has 1 N–H and O–H groups in total. The van der Waals surface area contributed by atoms with E-state index in [2.05, 4.69) is 12.2 Å². The smallest absolute Gasteiger partial charge is 0.239 e. The fraction of sp³-hybridized carbons (Fsp3) is 0.500. The van der Waals surface area contributed by atoms with Crippen molar-refractivity contribution >= 4 is 23.4 Å². The third-order valence-electron chi connectivity index (χ3n) is 3.22. The molecule has 0 atom stereocenters. The van der Waals surface area contributed by atoms with Gasteiger partial charge in [-0.15, -0.1) is 0 Å². The molecule has 0 saturated heterocycles. The topological polar surface area (TPSA) is 49.4 Å². The van der Waals surface area contributed by atoms with Crippen LogP contribution in [0.25, 0.3) is 0 Å². The van der Waals surface area contributed by atoms with Crippen LogP contribution in [0.3, 0.4) is 0 Å². The van der Waals surface area contributed by atoms with Crippen LogP contribution in [0.4, 0.5) is 0 Å². The van der Waals surface area contributed by atoms with Gasteiger partial charge in [0.2, 0.25) is 11.8 Å². The van der Waals surface area contributed by atoms with Crippen molar-refractivity contribution in [2.24, 2.45) is 0 Å². The average Bonchev–Trinajstić information content (AvgIpc) is 2.45. The largest absolute Gasteiger partial charge is 0.355 e. The van der Waals surface area contributed by atoms with Gasteiger partial charge in [0.25, 0.3) is 0 Å². The number of nitrogens with zero attached hydrogens (tertiary/aromatic N) is 1. The number of carbonyl (C=O) groups is 2. The van der Waals surface area contributed by atoms with Gasteiger partial charge in [-0.3, -0.25) is 9.59 Å². The summed E-state index contributed by atoms with van der Waals surface area (Å²) < 4.78 is 0. The molecule has 0 fully saturated rings. The number of hydrogen-bond acceptors (Lipinski definition) is 2. The Morgan fingerprint density at radius 3 is 2.48 bits per heavy atom. The Bertz CT molecular complexity index is 460. The summed E-state index contributed by atoms with van der Waals surface area (Å²) in [6.45, 7) is 4.87. The van der Waals surface area contributed by atoms with Crippen LogP contribution in [0, 0.1) is 0 Å². The predicted molar refractivity (Wildman–Crippen MR) is 85.3 cm³/mol. The fourth-order valence-electron chi connectivity index (χ4n) is 1.90. The highest BCUT2D eigenvalue weighted by atomic mass is 35.5. The Balaban J connectivity index is 2.44. The second-order valence-electron chi connectivity index (χ2n) is 5.02. The highest BCUT2D eigenvalue weighted by Crippen LogP contribution is 2.10. The molecular formula is C16H23ClN2O2. The molecule has 0 aliphatic rings. The van der Waals surface area contributed by atoms with Crippen molar-refractivity contribution in [2.75, 3.05) is 19.6 Å². The van der Waals surface area contributed by atoms with E-state index in [9.17, 15) is 9.59 Å². The van der Waals surface area contributed by atoms with E-state index in [1.807, 2.05) is 24.3 Å². The number of benzene rings is 1. The van der Waals surface area contributed by atoms with E-state index in [-0.39, 0.29) is 18.4 Å². The van der Waals surface area contributed by atoms with Gasteiger partial charge in [-0.25, -0.2) is 0 Å². The molecule has 0 bridgehead atoms. The van der Waals surface area contributed by atoms with Crippen molar-refractivity contribution in [3.8, 4) is 0 Å². The van der Waals surface area contributed by atoms with Crippen molar-refractivity contribution < 1.29 is 9.59 Å². The van der Waals surface area contributed by atoms with E-state index < -0.39 is 0 Å². The molecule has 0 aliphatic carbocycles. The second-order valence-corrected chi connectivity index (χ2v) is 5.46. The van der Waals surface area contributed by atoms with Gasteiger partial charge in [0.05, 0.1) is 6.54 Å². The average molecular weight is 311 g/mol. The third-order valence-corrected chi connectivity index (χ3v) is 3.47. The third kappa shape index (κ3) is 7.14. The molecule has 0 saturated carbocycles. The minimum Gasteiger partial charge on any atom is -0.355 e. The Morgan fingerprint density at radius 1 is 1.24 bits per heavy atom. The maximum absolute atomic E-state index is 11.8. The number of unbranched alkanes of at least 4 members (excludes halogenated alkanes) is 1. The molecular weight excluding hydrogens is 288 g/mol. The van der Waals surface area contributed by atoms with Crippen LogP contribution in [0.5, 0.6) is 0 Å². The van der Waals surface area contributed by atoms with Crippen LogP contribution in [-0.2, 0) is 16.0 Å². The molecule has 0 aromatic heterocycles. The summed E-state index contributed by atoms with van der Waals surface area (Å²) in [5, 5.41) is 3.52. The predicted octanol–water partition coefficient (Wildman–Crippen LogP) is 2.65. The van der Waals surface area contributed by atoms with Crippen LogP contribution < -0.4 is 5.32 Å². The van der Waals surface area contributed by atoms with Crippen LogP contribution in [0.1, 0.15) is 32.3 Å². The van der Waals surface area contributed by atoms with Crippen LogP contribution in [-0.4, -0.2) is 36.3 Å². The zero-order valence-electron chi connectivity index (χ0n) is 12.7. The van der Waals surface area contributed by atoms with Gasteiger partial charge < -0.3 is 10.2 Å². The summed E-state index contributed by atoms with van der Waals surface area (Å²) in [5.41, 5.74) is 1.09. The minimum atomic E-state index is -0.102. The van der Waals surface area contributed by atoms with Crippen molar-refractivity contribution in [1.82, 2.24) is 10.2 Å². The van der Waals surface area contributed by atoms with Crippen molar-refractivity contribution in [2.45, 2.75) is 33.1 Å². The molecule has 0 spiro atoms. The van der Waals surface area contributed by atoms with Crippen molar-refractivity contribution in [3.63, 3.8) is 0 Å². The summed E-state index contributed by atoms with van der Waals surface area (Å²) in [5.74, 6) is -0.190. The highest BCUT2D eigenvalue weighted by molar-refractivity contribution is 6.30. The van der Waals surface area contributed by atoms with Crippen molar-refractivity contribution in [3.05, 3.63) is 34.9 Å². The van der Waals surface area contributed by atoms with Crippen LogP contribution in [0.2, 0.25) is 5.02 Å². The molecule has 0 radical (unpaired) electrons. The second kappa shape index (κ2) is 9.40. The molecule has 0 aliphatic heterocycles. The first kappa shape index (κ1) is 17.5. The number of amides is 2. The van der Waals surface area contributed by atoms with E-state index in [4.69, 9.17) is 11.6 Å². The Kier molecular flexibility index (Phi) is 7.83. The van der Waals surface area contributed by atoms with Gasteiger partial charge in [0.1, 0.15) is 0 Å². The van der Waals surface area contributed by atoms with Gasteiger partial charge in [-0.1, -0.05) is 37.1 Å². The van der Waals surface area contributed by atoms with Gasteiger partial charge in [0, 0.05) is 25.0 Å². The normalized spacial score (nSPS) is 10.2. The van der Waals surface area contributed by atoms with Gasteiger partial charge in [0.15, 0.2) is 0 Å². The molecule has 21 heavy (non-hydrogen) atoms. The van der Waals surface area contributed by atoms with E-state index in [0.717, 1.165) is 18.4 Å². The maximum atomic E-state index is 11.8. The first-order chi connectivity index (χ1) is 10.0. The zero-order valence-corrected chi connectivity index (χ0v) is 13.4. The summed E-state index contributed by atoms with van der Waals surface area (Å²) >= 11 is 5.84. The maximum Gasteiger partial charge on any atom is 0.239 e. The summed E-state index contributed by atoms with van der Waals surface area (Å²) in [4.78, 5) is 24.9. The SMILES string of the molecule is CCCCNC(=O)CN(CCc1ccc(Cl)cc1)C(C)=O. The minimum absolute atomic E-state index is 0.0883. The number of carbonyl (C=O) groups excluding carboxylic acids is 2. The molecule has 1 rings (SSSR count). The number of rotatable bonds is 8. The Morgan fingerprint density at radius 2 is 1.90 bits per heavy atom. The first-order valence-corrected chi connectivity index (χ1v) is 7.67. The summed E-state index contributed by atoms with van der Waals surface area (Å²) in [6, 6.07) is 7.52. The molecule has 1 aromatic rings. The molecule has 0 heterocycles. The lowest BCUT2D eigenvalue weighted by molar-refractivity contribution is -0.134. The number of nitrogens with one attached hydrogen (secondary N) is 1. The molecule has 2 amide bonds. The number of halogens is 1. The van der Waals surface area contributed by atoms with Crippen LogP contribution in [0.15, 0.2) is 24.3 Å². The van der Waals surface area contributed by atoms with E-state index >= 15 is 0 Å². The van der Waals surface area contributed by atoms with Gasteiger partial charge in [-0.05, 0) is 30.5 Å². The van der Waals surface area contributed by atoms with Crippen LogP contribution >= 0.6 is 11.6 Å². The van der Waals surface area contributed by atoms with Gasteiger partial charge in [-0.2, -0.15) is 0 Å². The molecule has 4 nitrogen and oxygen atoms in total. The first-order valence-electron chi connectivity index (χ1n) is 7.29. The lowest BCUT2D eigenvalue weighted by Crippen LogP contribution is -2.41. The van der Waals surface area contributed by atoms with E-state index in [1.54, 1.807) is 4.90 Å². The molecule has 5 heteroatoms. The fourth-order valence-corrected chi connectivity index (χ4v) is 2.02. The monoisotopic (exact) mass is 310 g/mol.